The van der Waals surface area contributed by atoms with E-state index in [1.54, 1.807) is 0 Å². The van der Waals surface area contributed by atoms with E-state index in [9.17, 15) is 13.2 Å². The van der Waals surface area contributed by atoms with Gasteiger partial charge in [-0.25, -0.2) is 9.78 Å². The lowest BCUT2D eigenvalue weighted by Gasteiger charge is -2.33. The van der Waals surface area contributed by atoms with E-state index < -0.39 is 12.1 Å². The summed E-state index contributed by atoms with van der Waals surface area (Å²) in [6.45, 7) is 7.71. The van der Waals surface area contributed by atoms with Crippen LogP contribution in [0.25, 0.3) is 0 Å². The molecule has 2 heterocycles. The highest BCUT2D eigenvalue weighted by Crippen LogP contribution is 2.27. The number of likely N-dealkylation sites (tertiary alicyclic amines) is 1. The standard InChI is InChI=1S/C18H26N4.C2HF3O2/c1-14-6-3-7-16(12-14)17-8-4-10-22(13-17)11-5-9-18-19-15(2)20-21-18;3-2(4,5)1(6)7/h3,6-7,12,17H,4-5,8-11,13H2,1-2H3,(H,19,20,21);(H,6,7). The van der Waals surface area contributed by atoms with Crippen LogP contribution in [0.5, 0.6) is 0 Å². The largest absolute Gasteiger partial charge is 0.490 e. The number of hydrogen-bond donors (Lipinski definition) is 2. The van der Waals surface area contributed by atoms with Gasteiger partial charge in [-0.15, -0.1) is 0 Å². The minimum absolute atomic E-state index is 0.694. The van der Waals surface area contributed by atoms with Gasteiger partial charge in [0.1, 0.15) is 5.82 Å². The smallest absolute Gasteiger partial charge is 0.475 e. The van der Waals surface area contributed by atoms with E-state index >= 15 is 0 Å². The number of rotatable bonds is 5. The number of hydrogen-bond acceptors (Lipinski definition) is 4. The van der Waals surface area contributed by atoms with Crippen LogP contribution in [0.1, 0.15) is 48.0 Å². The maximum Gasteiger partial charge on any atom is 0.490 e. The van der Waals surface area contributed by atoms with Gasteiger partial charge in [-0.05, 0) is 57.7 Å². The Morgan fingerprint density at radius 1 is 1.34 bits per heavy atom. The first-order chi connectivity index (χ1) is 13.6. The van der Waals surface area contributed by atoms with Gasteiger partial charge in [-0.2, -0.15) is 18.3 Å². The molecule has 0 saturated carbocycles. The summed E-state index contributed by atoms with van der Waals surface area (Å²) >= 11 is 0. The highest BCUT2D eigenvalue weighted by molar-refractivity contribution is 5.73. The van der Waals surface area contributed by atoms with E-state index in [2.05, 4.69) is 51.3 Å². The molecule has 0 bridgehead atoms. The van der Waals surface area contributed by atoms with Gasteiger partial charge >= 0.3 is 12.1 Å². The van der Waals surface area contributed by atoms with Crippen LogP contribution in [0.2, 0.25) is 0 Å². The molecule has 0 aliphatic carbocycles. The molecule has 1 saturated heterocycles. The number of aromatic amines is 1. The third kappa shape index (κ3) is 7.84. The van der Waals surface area contributed by atoms with E-state index in [1.165, 1.54) is 37.1 Å². The first-order valence-electron chi connectivity index (χ1n) is 9.62. The molecule has 1 aliphatic rings. The predicted molar refractivity (Wildman–Crippen MR) is 103 cm³/mol. The number of H-pyrrole nitrogens is 1. The molecule has 0 radical (unpaired) electrons. The van der Waals surface area contributed by atoms with Gasteiger partial charge in [0.15, 0.2) is 5.82 Å². The highest BCUT2D eigenvalue weighted by atomic mass is 19.4. The Morgan fingerprint density at radius 2 is 2.07 bits per heavy atom. The number of carboxylic acids is 1. The maximum absolute atomic E-state index is 10.6. The second-order valence-corrected chi connectivity index (χ2v) is 7.30. The summed E-state index contributed by atoms with van der Waals surface area (Å²) in [5.74, 6) is -0.205. The van der Waals surface area contributed by atoms with Gasteiger partial charge in [0, 0.05) is 13.0 Å². The van der Waals surface area contributed by atoms with Crippen molar-refractivity contribution in [1.82, 2.24) is 20.1 Å². The van der Waals surface area contributed by atoms with E-state index in [4.69, 9.17) is 9.90 Å². The Hall–Kier alpha value is -2.42. The number of carboxylic acid groups (broad SMARTS) is 1. The molecular formula is C20H27F3N4O2. The Bertz CT molecular complexity index is 792. The van der Waals surface area contributed by atoms with Crippen LogP contribution in [-0.4, -0.2) is 57.0 Å². The maximum atomic E-state index is 10.6. The summed E-state index contributed by atoms with van der Waals surface area (Å²) in [7, 11) is 0. The summed E-state index contributed by atoms with van der Waals surface area (Å²) in [5.41, 5.74) is 2.88. The van der Waals surface area contributed by atoms with Crippen LogP contribution in [0.15, 0.2) is 24.3 Å². The van der Waals surface area contributed by atoms with Crippen molar-refractivity contribution < 1.29 is 23.1 Å². The molecule has 1 aromatic heterocycles. The summed E-state index contributed by atoms with van der Waals surface area (Å²) in [4.78, 5) is 15.9. The van der Waals surface area contributed by atoms with Gasteiger partial charge in [0.25, 0.3) is 0 Å². The van der Waals surface area contributed by atoms with Gasteiger partial charge in [-0.1, -0.05) is 29.8 Å². The average Bonchev–Trinajstić information content (AvgIpc) is 3.07. The highest BCUT2D eigenvalue weighted by Gasteiger charge is 2.38. The monoisotopic (exact) mass is 412 g/mol. The van der Waals surface area contributed by atoms with Crippen molar-refractivity contribution in [3.05, 3.63) is 47.0 Å². The number of aliphatic carboxylic acids is 1. The predicted octanol–water partition coefficient (Wildman–Crippen LogP) is 3.87. The zero-order valence-corrected chi connectivity index (χ0v) is 16.7. The molecule has 0 amide bonds. The van der Waals surface area contributed by atoms with E-state index in [1.807, 2.05) is 6.92 Å². The molecule has 29 heavy (non-hydrogen) atoms. The Morgan fingerprint density at radius 3 is 2.66 bits per heavy atom. The van der Waals surface area contributed by atoms with Crippen molar-refractivity contribution in [2.45, 2.75) is 51.6 Å². The third-order valence-corrected chi connectivity index (χ3v) is 4.78. The lowest BCUT2D eigenvalue weighted by molar-refractivity contribution is -0.192. The molecule has 3 rings (SSSR count). The van der Waals surface area contributed by atoms with Crippen molar-refractivity contribution in [2.75, 3.05) is 19.6 Å². The Labute approximate surface area is 168 Å². The Kier molecular flexibility index (Phi) is 8.19. The molecular weight excluding hydrogens is 385 g/mol. The van der Waals surface area contributed by atoms with E-state index in [0.717, 1.165) is 31.0 Å². The van der Waals surface area contributed by atoms with Crippen molar-refractivity contribution in [1.29, 1.82) is 0 Å². The first kappa shape index (κ1) is 22.9. The van der Waals surface area contributed by atoms with Gasteiger partial charge in [-0.3, -0.25) is 5.10 Å². The van der Waals surface area contributed by atoms with Crippen LogP contribution < -0.4 is 0 Å². The van der Waals surface area contributed by atoms with Crippen molar-refractivity contribution in [3.63, 3.8) is 0 Å². The third-order valence-electron chi connectivity index (χ3n) is 4.78. The second kappa shape index (κ2) is 10.4. The second-order valence-electron chi connectivity index (χ2n) is 7.30. The van der Waals surface area contributed by atoms with E-state index in [0.29, 0.717) is 5.92 Å². The molecule has 160 valence electrons. The fourth-order valence-corrected chi connectivity index (χ4v) is 3.42. The molecule has 2 N–H and O–H groups in total. The zero-order valence-electron chi connectivity index (χ0n) is 16.7. The van der Waals surface area contributed by atoms with Gasteiger partial charge in [0.2, 0.25) is 0 Å². The number of piperidine rings is 1. The number of halogens is 3. The number of carbonyl (C=O) groups is 1. The van der Waals surface area contributed by atoms with Crippen molar-refractivity contribution >= 4 is 5.97 Å². The molecule has 9 heteroatoms. The lowest BCUT2D eigenvalue weighted by Crippen LogP contribution is -2.35. The zero-order chi connectivity index (χ0) is 21.4. The lowest BCUT2D eigenvalue weighted by atomic mass is 9.90. The number of aromatic nitrogens is 3. The fraction of sp³-hybridized carbons (Fsp3) is 0.550. The van der Waals surface area contributed by atoms with Crippen LogP contribution in [0.4, 0.5) is 13.2 Å². The van der Waals surface area contributed by atoms with Crippen LogP contribution in [-0.2, 0) is 11.2 Å². The minimum atomic E-state index is -5.08. The average molecular weight is 412 g/mol. The van der Waals surface area contributed by atoms with Crippen molar-refractivity contribution in [2.24, 2.45) is 0 Å². The molecule has 0 spiro atoms. The van der Waals surface area contributed by atoms with Gasteiger partial charge in [0.05, 0.1) is 0 Å². The fourth-order valence-electron chi connectivity index (χ4n) is 3.42. The van der Waals surface area contributed by atoms with Crippen LogP contribution >= 0.6 is 0 Å². The molecule has 6 nitrogen and oxygen atoms in total. The molecule has 1 atom stereocenters. The van der Waals surface area contributed by atoms with Crippen LogP contribution in [0, 0.1) is 13.8 Å². The molecule has 1 fully saturated rings. The molecule has 1 unspecified atom stereocenters. The SMILES string of the molecule is Cc1cccc(C2CCCN(CCCc3n[nH]c(C)n3)C2)c1.O=C(O)C(F)(F)F. The number of nitrogens with one attached hydrogen (secondary N) is 1. The number of nitrogens with zero attached hydrogens (tertiary/aromatic N) is 3. The number of alkyl halides is 3. The quantitative estimate of drug-likeness (QED) is 0.779. The molecule has 2 aromatic rings. The Balaban J connectivity index is 0.000000370. The topological polar surface area (TPSA) is 82.1 Å². The van der Waals surface area contributed by atoms with Crippen molar-refractivity contribution in [3.8, 4) is 0 Å². The summed E-state index contributed by atoms with van der Waals surface area (Å²) in [6, 6.07) is 9.01. The van der Waals surface area contributed by atoms with Gasteiger partial charge < -0.3 is 10.0 Å². The summed E-state index contributed by atoms with van der Waals surface area (Å²) in [5, 5.41) is 14.3. The molecule has 1 aromatic carbocycles. The van der Waals surface area contributed by atoms with Crippen LogP contribution in [0.3, 0.4) is 0 Å². The van der Waals surface area contributed by atoms with E-state index in [-0.39, 0.29) is 0 Å². The normalized spacial score (nSPS) is 17.5. The summed E-state index contributed by atoms with van der Waals surface area (Å²) in [6.07, 6.45) is -0.355. The number of benzene rings is 1. The minimum Gasteiger partial charge on any atom is -0.475 e. The number of aryl methyl sites for hydroxylation is 3. The first-order valence-corrected chi connectivity index (χ1v) is 9.62. The molecule has 1 aliphatic heterocycles. The summed E-state index contributed by atoms with van der Waals surface area (Å²) < 4.78 is 31.7.